The SMILES string of the molecule is COc1ccc(Br)cc1[C@@H]1Nc2ccc(C(=O)[O-])cc2[C@H]2C=CC[C@@H]21. The zero-order chi connectivity index (χ0) is 17.6. The third-order valence-electron chi connectivity index (χ3n) is 5.13. The van der Waals surface area contributed by atoms with Crippen LogP contribution in [-0.2, 0) is 0 Å². The second-order valence-electron chi connectivity index (χ2n) is 6.45. The van der Waals surface area contributed by atoms with E-state index in [0.717, 1.165) is 33.5 Å². The van der Waals surface area contributed by atoms with Crippen molar-refractivity contribution in [3.63, 3.8) is 0 Å². The summed E-state index contributed by atoms with van der Waals surface area (Å²) < 4.78 is 6.58. The molecular formula is C20H17BrNO3-. The Morgan fingerprint density at radius 2 is 2.08 bits per heavy atom. The summed E-state index contributed by atoms with van der Waals surface area (Å²) in [6, 6.07) is 11.3. The number of rotatable bonds is 3. The number of allylic oxidation sites excluding steroid dienone is 2. The fourth-order valence-electron chi connectivity index (χ4n) is 3.98. The van der Waals surface area contributed by atoms with Crippen LogP contribution >= 0.6 is 15.9 Å². The Bertz CT molecular complexity index is 877. The Morgan fingerprint density at radius 1 is 1.24 bits per heavy atom. The van der Waals surface area contributed by atoms with Crippen molar-refractivity contribution < 1.29 is 14.6 Å². The van der Waals surface area contributed by atoms with Crippen molar-refractivity contribution in [2.24, 2.45) is 5.92 Å². The summed E-state index contributed by atoms with van der Waals surface area (Å²) in [5, 5.41) is 14.8. The maximum atomic E-state index is 11.2. The summed E-state index contributed by atoms with van der Waals surface area (Å²) in [5.74, 6) is 0.204. The molecule has 2 aromatic carbocycles. The number of benzene rings is 2. The standard InChI is InChI=1S/C20H18BrNO3/c1-25-18-8-6-12(21)10-16(18)19-14-4-2-3-13(14)15-9-11(20(23)24)5-7-17(15)22-19/h2-3,5-10,13-14,19,22H,4H2,1H3,(H,23,24)/p-1/t13-,14-,19+/m0/s1. The number of carbonyl (C=O) groups excluding carboxylic acids is 1. The van der Waals surface area contributed by atoms with Crippen LogP contribution in [0.1, 0.15) is 39.9 Å². The van der Waals surface area contributed by atoms with Crippen LogP contribution < -0.4 is 15.2 Å². The lowest BCUT2D eigenvalue weighted by atomic mass is 9.76. The van der Waals surface area contributed by atoms with Crippen LogP contribution in [0.25, 0.3) is 0 Å². The number of nitrogens with one attached hydrogen (secondary N) is 1. The van der Waals surface area contributed by atoms with Gasteiger partial charge >= 0.3 is 0 Å². The van der Waals surface area contributed by atoms with Gasteiger partial charge in [-0.2, -0.15) is 0 Å². The van der Waals surface area contributed by atoms with E-state index in [1.165, 1.54) is 0 Å². The Morgan fingerprint density at radius 3 is 2.84 bits per heavy atom. The van der Waals surface area contributed by atoms with Crippen LogP contribution in [0.5, 0.6) is 5.75 Å². The summed E-state index contributed by atoms with van der Waals surface area (Å²) >= 11 is 3.55. The number of hydrogen-bond acceptors (Lipinski definition) is 4. The summed E-state index contributed by atoms with van der Waals surface area (Å²) in [6.07, 6.45) is 5.29. The van der Waals surface area contributed by atoms with E-state index in [2.05, 4.69) is 39.5 Å². The molecule has 25 heavy (non-hydrogen) atoms. The van der Waals surface area contributed by atoms with E-state index >= 15 is 0 Å². The van der Waals surface area contributed by atoms with E-state index in [1.54, 1.807) is 19.2 Å². The van der Waals surface area contributed by atoms with Gasteiger partial charge in [-0.25, -0.2) is 0 Å². The second kappa shape index (κ2) is 6.23. The van der Waals surface area contributed by atoms with Crippen LogP contribution in [0.15, 0.2) is 53.0 Å². The molecule has 0 amide bonds. The fourth-order valence-corrected chi connectivity index (χ4v) is 4.36. The van der Waals surface area contributed by atoms with Crippen LogP contribution in [0, 0.1) is 5.92 Å². The highest BCUT2D eigenvalue weighted by Gasteiger charge is 2.39. The number of carboxylic acid groups (broad SMARTS) is 1. The number of anilines is 1. The molecule has 0 unspecified atom stereocenters. The molecule has 0 bridgehead atoms. The highest BCUT2D eigenvalue weighted by Crippen LogP contribution is 2.51. The Hall–Kier alpha value is -2.27. The summed E-state index contributed by atoms with van der Waals surface area (Å²) in [5.41, 5.74) is 3.30. The Labute approximate surface area is 154 Å². The molecule has 0 aromatic heterocycles. The van der Waals surface area contributed by atoms with Gasteiger partial charge in [0.1, 0.15) is 5.75 Å². The number of methoxy groups -OCH3 is 1. The smallest absolute Gasteiger partial charge is 0.124 e. The average Bonchev–Trinajstić information content (AvgIpc) is 3.10. The van der Waals surface area contributed by atoms with Gasteiger partial charge in [0, 0.05) is 21.6 Å². The molecule has 0 radical (unpaired) electrons. The first-order valence-electron chi connectivity index (χ1n) is 8.20. The van der Waals surface area contributed by atoms with E-state index in [0.29, 0.717) is 5.92 Å². The minimum absolute atomic E-state index is 0.0914. The summed E-state index contributed by atoms with van der Waals surface area (Å²) in [4.78, 5) is 11.2. The fraction of sp³-hybridized carbons (Fsp3) is 0.250. The maximum Gasteiger partial charge on any atom is 0.124 e. The van der Waals surface area contributed by atoms with E-state index in [4.69, 9.17) is 4.74 Å². The van der Waals surface area contributed by atoms with Crippen LogP contribution in [0.4, 0.5) is 5.69 Å². The van der Waals surface area contributed by atoms with Gasteiger partial charge in [-0.3, -0.25) is 0 Å². The Balaban J connectivity index is 1.81. The van der Waals surface area contributed by atoms with Gasteiger partial charge < -0.3 is 20.0 Å². The van der Waals surface area contributed by atoms with Crippen LogP contribution in [-0.4, -0.2) is 13.1 Å². The van der Waals surface area contributed by atoms with Crippen molar-refractivity contribution in [3.8, 4) is 5.75 Å². The number of carboxylic acids is 1. The van der Waals surface area contributed by atoms with Crippen molar-refractivity contribution >= 4 is 27.6 Å². The average molecular weight is 399 g/mol. The van der Waals surface area contributed by atoms with Crippen molar-refractivity contribution in [1.82, 2.24) is 0 Å². The lowest BCUT2D eigenvalue weighted by molar-refractivity contribution is -0.255. The summed E-state index contributed by atoms with van der Waals surface area (Å²) in [7, 11) is 1.68. The van der Waals surface area contributed by atoms with Crippen LogP contribution in [0.2, 0.25) is 0 Å². The molecular weight excluding hydrogens is 382 g/mol. The molecule has 0 fully saturated rings. The molecule has 3 atom stereocenters. The number of aromatic carboxylic acids is 1. The highest BCUT2D eigenvalue weighted by molar-refractivity contribution is 9.10. The normalized spacial score (nSPS) is 23.5. The lowest BCUT2D eigenvalue weighted by Gasteiger charge is -2.38. The van der Waals surface area contributed by atoms with Crippen molar-refractivity contribution in [1.29, 1.82) is 0 Å². The van der Waals surface area contributed by atoms with Gasteiger partial charge in [-0.05, 0) is 53.8 Å². The van der Waals surface area contributed by atoms with Gasteiger partial charge in [0.05, 0.1) is 19.1 Å². The maximum absolute atomic E-state index is 11.2. The molecule has 1 N–H and O–H groups in total. The van der Waals surface area contributed by atoms with Crippen molar-refractivity contribution in [2.45, 2.75) is 18.4 Å². The molecule has 1 aliphatic carbocycles. The highest BCUT2D eigenvalue weighted by atomic mass is 79.9. The van der Waals surface area contributed by atoms with Gasteiger partial charge in [0.25, 0.3) is 0 Å². The molecule has 1 aliphatic heterocycles. The zero-order valence-corrected chi connectivity index (χ0v) is 15.2. The first-order valence-corrected chi connectivity index (χ1v) is 8.99. The molecule has 0 saturated heterocycles. The molecule has 1 heterocycles. The molecule has 0 saturated carbocycles. The Kier molecular flexibility index (Phi) is 4.04. The molecule has 0 spiro atoms. The third-order valence-corrected chi connectivity index (χ3v) is 5.62. The minimum atomic E-state index is -1.14. The van der Waals surface area contributed by atoms with E-state index in [-0.39, 0.29) is 17.5 Å². The first kappa shape index (κ1) is 16.2. The second-order valence-corrected chi connectivity index (χ2v) is 7.37. The molecule has 2 aliphatic rings. The zero-order valence-electron chi connectivity index (χ0n) is 13.7. The van der Waals surface area contributed by atoms with E-state index in [1.807, 2.05) is 18.2 Å². The lowest BCUT2D eigenvalue weighted by Crippen LogP contribution is -2.30. The predicted octanol–water partition coefficient (Wildman–Crippen LogP) is 3.65. The molecule has 2 aromatic rings. The van der Waals surface area contributed by atoms with Crippen molar-refractivity contribution in [2.75, 3.05) is 12.4 Å². The number of halogens is 1. The molecule has 5 heteroatoms. The molecule has 4 rings (SSSR count). The largest absolute Gasteiger partial charge is 0.545 e. The van der Waals surface area contributed by atoms with Crippen molar-refractivity contribution in [3.05, 3.63) is 69.7 Å². The van der Waals surface area contributed by atoms with Gasteiger partial charge in [-0.15, -0.1) is 0 Å². The number of ether oxygens (including phenoxy) is 1. The van der Waals surface area contributed by atoms with Gasteiger partial charge in [0.2, 0.25) is 0 Å². The predicted molar refractivity (Wildman–Crippen MR) is 97.8 cm³/mol. The number of hydrogen-bond donors (Lipinski definition) is 1. The monoisotopic (exact) mass is 398 g/mol. The number of carbonyl (C=O) groups is 1. The quantitative estimate of drug-likeness (QED) is 0.801. The van der Waals surface area contributed by atoms with Gasteiger partial charge in [-0.1, -0.05) is 34.1 Å². The molecule has 4 nitrogen and oxygen atoms in total. The third kappa shape index (κ3) is 2.72. The summed E-state index contributed by atoms with van der Waals surface area (Å²) in [6.45, 7) is 0. The first-order chi connectivity index (χ1) is 12.1. The van der Waals surface area contributed by atoms with E-state index in [9.17, 15) is 9.90 Å². The van der Waals surface area contributed by atoms with E-state index < -0.39 is 5.97 Å². The topological polar surface area (TPSA) is 61.4 Å². The van der Waals surface area contributed by atoms with Crippen LogP contribution in [0.3, 0.4) is 0 Å². The molecule has 128 valence electrons. The van der Waals surface area contributed by atoms with Gasteiger partial charge in [0.15, 0.2) is 0 Å². The number of fused-ring (bicyclic) bond motifs is 3. The minimum Gasteiger partial charge on any atom is -0.545 e.